The number of pyridine rings is 1. The van der Waals surface area contributed by atoms with Crippen LogP contribution in [0.5, 0.6) is 0 Å². The minimum Gasteiger partial charge on any atom is -0.503 e. The lowest BCUT2D eigenvalue weighted by Gasteiger charge is -2.28. The van der Waals surface area contributed by atoms with Gasteiger partial charge >= 0.3 is 0 Å². The Bertz CT molecular complexity index is 629. The predicted octanol–water partition coefficient (Wildman–Crippen LogP) is 3.19. The molecule has 0 spiro atoms. The van der Waals surface area contributed by atoms with E-state index in [1.54, 1.807) is 50.2 Å². The van der Waals surface area contributed by atoms with Crippen LogP contribution >= 0.6 is 0 Å². The summed E-state index contributed by atoms with van der Waals surface area (Å²) in [5.74, 6) is -1.08. The monoisotopic (exact) mass is 316 g/mol. The Hall–Kier alpha value is -2.17. The van der Waals surface area contributed by atoms with E-state index in [9.17, 15) is 14.7 Å². The smallest absolute Gasteiger partial charge is 0.290 e. The van der Waals surface area contributed by atoms with Crippen LogP contribution in [-0.2, 0) is 9.59 Å². The van der Waals surface area contributed by atoms with Crippen LogP contribution in [0.25, 0.3) is 0 Å². The van der Waals surface area contributed by atoms with E-state index in [1.165, 1.54) is 0 Å². The van der Waals surface area contributed by atoms with E-state index in [-0.39, 0.29) is 11.4 Å². The van der Waals surface area contributed by atoms with Crippen molar-refractivity contribution in [2.24, 2.45) is 5.41 Å². The average molecular weight is 316 g/mol. The molecule has 0 fully saturated rings. The maximum Gasteiger partial charge on any atom is 0.290 e. The number of ketones is 1. The second-order valence-electron chi connectivity index (χ2n) is 6.88. The third-order valence-electron chi connectivity index (χ3n) is 4.00. The van der Waals surface area contributed by atoms with Crippen molar-refractivity contribution in [1.29, 1.82) is 0 Å². The summed E-state index contributed by atoms with van der Waals surface area (Å²) in [4.78, 5) is 30.9. The number of aliphatic hydroxyl groups excluding tert-OH is 1. The Kier molecular flexibility index (Phi) is 4.88. The lowest BCUT2D eigenvalue weighted by molar-refractivity contribution is -0.129. The molecule has 0 radical (unpaired) electrons. The number of aromatic nitrogens is 1. The number of unbranched alkanes of at least 4 members (excludes halogenated alkanes) is 1. The predicted molar refractivity (Wildman–Crippen MR) is 87.7 cm³/mol. The van der Waals surface area contributed by atoms with Crippen LogP contribution in [0.4, 0.5) is 0 Å². The van der Waals surface area contributed by atoms with E-state index in [0.717, 1.165) is 18.4 Å². The Morgan fingerprint density at radius 2 is 1.91 bits per heavy atom. The van der Waals surface area contributed by atoms with Crippen LogP contribution in [0, 0.1) is 5.41 Å². The summed E-state index contributed by atoms with van der Waals surface area (Å²) in [6.45, 7) is 7.92. The summed E-state index contributed by atoms with van der Waals surface area (Å²) >= 11 is 0. The zero-order valence-corrected chi connectivity index (χ0v) is 14.2. The minimum atomic E-state index is -0.671. The highest BCUT2D eigenvalue weighted by Gasteiger charge is 2.45. The van der Waals surface area contributed by atoms with Gasteiger partial charge in [-0.05, 0) is 24.1 Å². The maximum atomic E-state index is 12.8. The molecule has 1 N–H and O–H groups in total. The molecule has 5 nitrogen and oxygen atoms in total. The van der Waals surface area contributed by atoms with Crippen molar-refractivity contribution in [1.82, 2.24) is 9.88 Å². The van der Waals surface area contributed by atoms with Crippen LogP contribution in [-0.4, -0.2) is 33.2 Å². The molecule has 0 aliphatic carbocycles. The molecule has 0 aromatic carbocycles. The van der Waals surface area contributed by atoms with Crippen molar-refractivity contribution in [3.8, 4) is 0 Å². The summed E-state index contributed by atoms with van der Waals surface area (Å²) in [7, 11) is 0. The highest BCUT2D eigenvalue weighted by molar-refractivity contribution is 6.10. The van der Waals surface area contributed by atoms with Gasteiger partial charge in [-0.25, -0.2) is 0 Å². The van der Waals surface area contributed by atoms with Crippen LogP contribution < -0.4 is 0 Å². The number of hydrogen-bond donors (Lipinski definition) is 1. The van der Waals surface area contributed by atoms with Gasteiger partial charge in [0.15, 0.2) is 11.5 Å². The Morgan fingerprint density at radius 3 is 2.43 bits per heavy atom. The van der Waals surface area contributed by atoms with Gasteiger partial charge in [0.25, 0.3) is 5.91 Å². The van der Waals surface area contributed by atoms with Gasteiger partial charge in [-0.2, -0.15) is 0 Å². The lowest BCUT2D eigenvalue weighted by atomic mass is 9.82. The molecule has 0 saturated heterocycles. The van der Waals surface area contributed by atoms with Gasteiger partial charge in [-0.3, -0.25) is 14.6 Å². The molecule has 0 saturated carbocycles. The molecule has 23 heavy (non-hydrogen) atoms. The van der Waals surface area contributed by atoms with Gasteiger partial charge in [-0.1, -0.05) is 34.1 Å². The van der Waals surface area contributed by atoms with Gasteiger partial charge in [0, 0.05) is 24.4 Å². The standard InChI is InChI=1S/C18H24N2O3/c1-5-6-11-20-14(12-7-9-19-10-8-12)13(15(21)17(20)23)16(22)18(2,3)4/h7-10,14,21H,5-6,11H2,1-4H3. The van der Waals surface area contributed by atoms with Crippen LogP contribution in [0.2, 0.25) is 0 Å². The number of carbonyl (C=O) groups excluding carboxylic acids is 2. The summed E-state index contributed by atoms with van der Waals surface area (Å²) in [5.41, 5.74) is 0.321. The van der Waals surface area contributed by atoms with Crippen molar-refractivity contribution in [3.05, 3.63) is 41.4 Å². The first-order valence-corrected chi connectivity index (χ1v) is 7.97. The SMILES string of the molecule is CCCCN1C(=O)C(O)=C(C(=O)C(C)(C)C)C1c1ccncc1. The normalized spacial score (nSPS) is 18.7. The quantitative estimate of drug-likeness (QED) is 0.905. The second kappa shape index (κ2) is 6.52. The number of carbonyl (C=O) groups is 2. The zero-order chi connectivity index (χ0) is 17.2. The van der Waals surface area contributed by atoms with Gasteiger partial charge < -0.3 is 10.0 Å². The summed E-state index contributed by atoms with van der Waals surface area (Å²) in [6, 6.07) is 3.03. The molecular formula is C18H24N2O3. The van der Waals surface area contributed by atoms with Crippen molar-refractivity contribution in [2.45, 2.75) is 46.6 Å². The number of amides is 1. The Morgan fingerprint density at radius 1 is 1.30 bits per heavy atom. The molecule has 1 amide bonds. The first-order valence-electron chi connectivity index (χ1n) is 7.97. The molecule has 1 aliphatic heterocycles. The Balaban J connectivity index is 2.52. The second-order valence-corrected chi connectivity index (χ2v) is 6.88. The summed E-state index contributed by atoms with van der Waals surface area (Å²) in [6.07, 6.45) is 5.01. The van der Waals surface area contributed by atoms with E-state index in [4.69, 9.17) is 0 Å². The molecule has 1 aromatic rings. The van der Waals surface area contributed by atoms with Crippen LogP contribution in [0.3, 0.4) is 0 Å². The largest absolute Gasteiger partial charge is 0.503 e. The highest BCUT2D eigenvalue weighted by Crippen LogP contribution is 2.40. The fraction of sp³-hybridized carbons (Fsp3) is 0.500. The number of aliphatic hydroxyl groups is 1. The molecule has 0 bridgehead atoms. The topological polar surface area (TPSA) is 70.5 Å². The number of nitrogens with zero attached hydrogens (tertiary/aromatic N) is 2. The molecule has 1 aliphatic rings. The Labute approximate surface area is 137 Å². The van der Waals surface area contributed by atoms with E-state index >= 15 is 0 Å². The fourth-order valence-electron chi connectivity index (χ4n) is 2.74. The van der Waals surface area contributed by atoms with E-state index in [1.807, 2.05) is 6.92 Å². The summed E-state index contributed by atoms with van der Waals surface area (Å²) in [5, 5.41) is 10.3. The molecule has 124 valence electrons. The third kappa shape index (κ3) is 3.28. The molecule has 2 rings (SSSR count). The molecule has 1 aromatic heterocycles. The van der Waals surface area contributed by atoms with Crippen molar-refractivity contribution in [3.63, 3.8) is 0 Å². The van der Waals surface area contributed by atoms with E-state index in [2.05, 4.69) is 4.98 Å². The lowest BCUT2D eigenvalue weighted by Crippen LogP contribution is -2.33. The van der Waals surface area contributed by atoms with Gasteiger partial charge in [0.2, 0.25) is 0 Å². The molecule has 5 heteroatoms. The molecular weight excluding hydrogens is 292 g/mol. The number of hydrogen-bond acceptors (Lipinski definition) is 4. The number of Topliss-reactive ketones (excluding diaryl/α,β-unsaturated/α-hetero) is 1. The van der Waals surface area contributed by atoms with Crippen molar-refractivity contribution >= 4 is 11.7 Å². The minimum absolute atomic E-state index is 0.199. The maximum absolute atomic E-state index is 12.8. The van der Waals surface area contributed by atoms with Crippen molar-refractivity contribution in [2.75, 3.05) is 6.54 Å². The molecule has 1 unspecified atom stereocenters. The van der Waals surface area contributed by atoms with Crippen LogP contribution in [0.1, 0.15) is 52.1 Å². The van der Waals surface area contributed by atoms with Gasteiger partial charge in [0.05, 0.1) is 11.6 Å². The summed E-state index contributed by atoms with van der Waals surface area (Å²) < 4.78 is 0. The first-order chi connectivity index (χ1) is 10.8. The van der Waals surface area contributed by atoms with E-state index < -0.39 is 23.1 Å². The van der Waals surface area contributed by atoms with Crippen LogP contribution in [0.15, 0.2) is 35.9 Å². The van der Waals surface area contributed by atoms with E-state index in [0.29, 0.717) is 6.54 Å². The highest BCUT2D eigenvalue weighted by atomic mass is 16.3. The van der Waals surface area contributed by atoms with Crippen molar-refractivity contribution < 1.29 is 14.7 Å². The number of rotatable bonds is 5. The zero-order valence-electron chi connectivity index (χ0n) is 14.2. The van der Waals surface area contributed by atoms with Gasteiger partial charge in [0.1, 0.15) is 0 Å². The molecule has 2 heterocycles. The third-order valence-corrected chi connectivity index (χ3v) is 4.00. The first kappa shape index (κ1) is 17.2. The van der Waals surface area contributed by atoms with Gasteiger partial charge in [-0.15, -0.1) is 0 Å². The fourth-order valence-corrected chi connectivity index (χ4v) is 2.74. The molecule has 1 atom stereocenters. The average Bonchev–Trinajstić information content (AvgIpc) is 2.76.